The zero-order chi connectivity index (χ0) is 14.4. The Hall–Kier alpha value is -0.790. The van der Waals surface area contributed by atoms with Gasteiger partial charge in [0.15, 0.2) is 0 Å². The third-order valence-electron chi connectivity index (χ3n) is 5.32. The molecule has 2 heteroatoms. The van der Waals surface area contributed by atoms with Crippen LogP contribution in [0.5, 0.6) is 0 Å². The first-order valence-electron chi connectivity index (χ1n) is 8.31. The summed E-state index contributed by atoms with van der Waals surface area (Å²) in [7, 11) is 0. The maximum atomic E-state index is 3.84. The fourth-order valence-electron chi connectivity index (χ4n) is 3.84. The minimum atomic E-state index is 0. The van der Waals surface area contributed by atoms with Crippen molar-refractivity contribution in [1.82, 2.24) is 0 Å². The number of rotatable bonds is 6. The summed E-state index contributed by atoms with van der Waals surface area (Å²) in [5.41, 5.74) is 2.70. The van der Waals surface area contributed by atoms with Crippen molar-refractivity contribution < 1.29 is 16.9 Å². The van der Waals surface area contributed by atoms with Crippen molar-refractivity contribution >= 4 is 6.08 Å². The van der Waals surface area contributed by atoms with Crippen LogP contribution in [-0.4, -0.2) is 23.6 Å². The quantitative estimate of drug-likeness (QED) is 0.706. The third kappa shape index (κ3) is 4.34. The van der Waals surface area contributed by atoms with E-state index in [4.69, 9.17) is 0 Å². The van der Waals surface area contributed by atoms with Gasteiger partial charge in [0.1, 0.15) is 6.54 Å². The molecule has 1 aromatic carbocycles. The summed E-state index contributed by atoms with van der Waals surface area (Å²) in [5.74, 6) is 0. The summed E-state index contributed by atoms with van der Waals surface area (Å²) in [6.45, 7) is 12.3. The van der Waals surface area contributed by atoms with Crippen LogP contribution in [-0.2, 0) is 6.54 Å². The van der Waals surface area contributed by atoms with Crippen molar-refractivity contribution in [2.45, 2.75) is 58.5 Å². The van der Waals surface area contributed by atoms with Crippen molar-refractivity contribution in [2.75, 3.05) is 13.1 Å². The highest BCUT2D eigenvalue weighted by molar-refractivity contribution is 5.47. The highest BCUT2D eigenvalue weighted by Gasteiger charge is 2.34. The lowest BCUT2D eigenvalue weighted by molar-refractivity contribution is -0.961. The smallest absolute Gasteiger partial charge is 0.105 e. The maximum absolute atomic E-state index is 3.84. The minimum absolute atomic E-state index is 0. The van der Waals surface area contributed by atoms with Gasteiger partial charge < -0.3 is 16.9 Å². The number of halogens is 1. The summed E-state index contributed by atoms with van der Waals surface area (Å²) in [6.07, 6.45) is 9.07. The molecule has 0 aromatic heterocycles. The zero-order valence-electron chi connectivity index (χ0n) is 13.7. The van der Waals surface area contributed by atoms with E-state index in [-0.39, 0.29) is 12.4 Å². The molecule has 1 saturated carbocycles. The van der Waals surface area contributed by atoms with Gasteiger partial charge in [-0.25, -0.2) is 0 Å². The molecule has 0 unspecified atom stereocenters. The van der Waals surface area contributed by atoms with Crippen molar-refractivity contribution in [3.05, 3.63) is 42.0 Å². The topological polar surface area (TPSA) is 0 Å². The largest absolute Gasteiger partial charge is 1.00 e. The molecular weight excluding hydrogens is 278 g/mol. The fourth-order valence-corrected chi connectivity index (χ4v) is 3.84. The number of benzene rings is 1. The van der Waals surface area contributed by atoms with Crippen molar-refractivity contribution in [3.63, 3.8) is 0 Å². The van der Waals surface area contributed by atoms with Crippen LogP contribution in [0.2, 0.25) is 0 Å². The van der Waals surface area contributed by atoms with Gasteiger partial charge in [-0.3, -0.25) is 0 Å². The van der Waals surface area contributed by atoms with Gasteiger partial charge in [0.25, 0.3) is 0 Å². The lowest BCUT2D eigenvalue weighted by atomic mass is 9.91. The lowest BCUT2D eigenvalue weighted by Crippen LogP contribution is -3.00. The first kappa shape index (κ1) is 18.3. The summed E-state index contributed by atoms with van der Waals surface area (Å²) in [4.78, 5) is 0. The Labute approximate surface area is 137 Å². The predicted molar refractivity (Wildman–Crippen MR) is 88.5 cm³/mol. The van der Waals surface area contributed by atoms with E-state index in [9.17, 15) is 0 Å². The molecule has 118 valence electrons. The van der Waals surface area contributed by atoms with E-state index in [1.165, 1.54) is 67.3 Å². The van der Waals surface area contributed by atoms with E-state index in [1.807, 2.05) is 6.08 Å². The normalized spacial score (nSPS) is 16.3. The SMILES string of the molecule is C=Cc1ccc(C[N+](CC)(CC)C2CCCCC2)cc1.[Cl-]. The van der Waals surface area contributed by atoms with E-state index >= 15 is 0 Å². The number of quaternary nitrogens is 1. The Morgan fingerprint density at radius 2 is 1.62 bits per heavy atom. The van der Waals surface area contributed by atoms with Gasteiger partial charge in [-0.15, -0.1) is 0 Å². The first-order chi connectivity index (χ1) is 9.74. The van der Waals surface area contributed by atoms with Crippen LogP contribution < -0.4 is 12.4 Å². The molecule has 1 aliphatic carbocycles. The molecule has 2 rings (SSSR count). The second-order valence-electron chi connectivity index (χ2n) is 6.25. The van der Waals surface area contributed by atoms with E-state index in [0.717, 1.165) is 6.04 Å². The van der Waals surface area contributed by atoms with Crippen LogP contribution in [0.15, 0.2) is 30.8 Å². The van der Waals surface area contributed by atoms with Gasteiger partial charge in [-0.1, -0.05) is 43.3 Å². The van der Waals surface area contributed by atoms with E-state index < -0.39 is 0 Å². The Bertz CT molecular complexity index is 414. The predicted octanol–water partition coefficient (Wildman–Crippen LogP) is 2.02. The summed E-state index contributed by atoms with van der Waals surface area (Å²) in [6, 6.07) is 9.85. The van der Waals surface area contributed by atoms with Crippen LogP contribution in [0.4, 0.5) is 0 Å². The fraction of sp³-hybridized carbons (Fsp3) is 0.579. The molecule has 1 aliphatic rings. The van der Waals surface area contributed by atoms with Gasteiger partial charge in [-0.05, 0) is 45.1 Å². The summed E-state index contributed by atoms with van der Waals surface area (Å²) in [5, 5.41) is 0. The van der Waals surface area contributed by atoms with E-state index in [1.54, 1.807) is 0 Å². The van der Waals surface area contributed by atoms with E-state index in [0.29, 0.717) is 0 Å². The van der Waals surface area contributed by atoms with Gasteiger partial charge >= 0.3 is 0 Å². The molecule has 1 fully saturated rings. The molecule has 0 N–H and O–H groups in total. The van der Waals surface area contributed by atoms with Crippen LogP contribution in [0.1, 0.15) is 57.1 Å². The van der Waals surface area contributed by atoms with Crippen LogP contribution >= 0.6 is 0 Å². The van der Waals surface area contributed by atoms with Crippen LogP contribution in [0.3, 0.4) is 0 Å². The van der Waals surface area contributed by atoms with Crippen molar-refractivity contribution in [2.24, 2.45) is 0 Å². The molecule has 0 spiro atoms. The second kappa shape index (κ2) is 8.60. The highest BCUT2D eigenvalue weighted by Crippen LogP contribution is 2.30. The second-order valence-corrected chi connectivity index (χ2v) is 6.25. The van der Waals surface area contributed by atoms with Crippen molar-refractivity contribution in [1.29, 1.82) is 0 Å². The Morgan fingerprint density at radius 3 is 2.10 bits per heavy atom. The van der Waals surface area contributed by atoms with Gasteiger partial charge in [-0.2, -0.15) is 0 Å². The first-order valence-corrected chi connectivity index (χ1v) is 8.31. The Kier molecular flexibility index (Phi) is 7.48. The molecule has 0 aliphatic heterocycles. The van der Waals surface area contributed by atoms with E-state index in [2.05, 4.69) is 44.7 Å². The van der Waals surface area contributed by atoms with Gasteiger partial charge in [0.2, 0.25) is 0 Å². The molecule has 0 radical (unpaired) electrons. The Morgan fingerprint density at radius 1 is 1.05 bits per heavy atom. The average molecular weight is 308 g/mol. The molecule has 1 aromatic rings. The molecule has 0 saturated heterocycles. The maximum Gasteiger partial charge on any atom is 0.105 e. The molecular formula is C19H30ClN. The number of hydrogen-bond acceptors (Lipinski definition) is 0. The molecule has 0 atom stereocenters. The monoisotopic (exact) mass is 307 g/mol. The molecule has 0 amide bonds. The Balaban J connectivity index is 0.00000220. The summed E-state index contributed by atoms with van der Waals surface area (Å²) < 4.78 is 1.27. The molecule has 21 heavy (non-hydrogen) atoms. The zero-order valence-corrected chi connectivity index (χ0v) is 14.4. The minimum Gasteiger partial charge on any atom is -1.00 e. The van der Waals surface area contributed by atoms with Gasteiger partial charge in [0, 0.05) is 5.56 Å². The van der Waals surface area contributed by atoms with Crippen LogP contribution in [0.25, 0.3) is 6.08 Å². The summed E-state index contributed by atoms with van der Waals surface area (Å²) >= 11 is 0. The molecule has 1 nitrogen and oxygen atoms in total. The van der Waals surface area contributed by atoms with Crippen LogP contribution in [0, 0.1) is 0 Å². The van der Waals surface area contributed by atoms with Crippen molar-refractivity contribution in [3.8, 4) is 0 Å². The third-order valence-corrected chi connectivity index (χ3v) is 5.32. The molecule has 0 bridgehead atoms. The number of nitrogens with zero attached hydrogens (tertiary/aromatic N) is 1. The molecule has 0 heterocycles. The number of hydrogen-bond donors (Lipinski definition) is 0. The lowest BCUT2D eigenvalue weighted by Gasteiger charge is -2.45. The average Bonchev–Trinajstić information content (AvgIpc) is 2.54. The highest BCUT2D eigenvalue weighted by atomic mass is 35.5. The van der Waals surface area contributed by atoms with Gasteiger partial charge in [0.05, 0.1) is 19.1 Å². The standard InChI is InChI=1S/C19H30N.ClH/c1-4-17-12-14-18(15-13-17)16-20(5-2,6-3)19-10-8-7-9-11-19;/h4,12-15,19H,1,5-11,16H2,2-3H3;1H/q+1;/p-1.